The molecule has 0 bridgehead atoms. The van der Waals surface area contributed by atoms with Gasteiger partial charge in [-0.25, -0.2) is 4.79 Å². The third-order valence-corrected chi connectivity index (χ3v) is 2.32. The second-order valence-corrected chi connectivity index (χ2v) is 4.00. The van der Waals surface area contributed by atoms with Gasteiger partial charge < -0.3 is 15.2 Å². The van der Waals surface area contributed by atoms with E-state index in [4.69, 9.17) is 10.5 Å². The number of carbonyl (C=O) groups is 2. The molecule has 6 heteroatoms. The van der Waals surface area contributed by atoms with Crippen molar-refractivity contribution in [1.82, 2.24) is 0 Å². The van der Waals surface area contributed by atoms with Crippen molar-refractivity contribution in [2.24, 2.45) is 5.73 Å². The maximum absolute atomic E-state index is 11.2. The molecule has 5 nitrogen and oxygen atoms in total. The zero-order chi connectivity index (χ0) is 11.8. The molecule has 0 aromatic carbocycles. The van der Waals surface area contributed by atoms with Gasteiger partial charge in [-0.3, -0.25) is 4.79 Å². The number of ether oxygens (including phenoxy) is 2. The Morgan fingerprint density at radius 2 is 2.00 bits per heavy atom. The summed E-state index contributed by atoms with van der Waals surface area (Å²) < 4.78 is 9.44. The monoisotopic (exact) mass is 235 g/mol. The summed E-state index contributed by atoms with van der Waals surface area (Å²) in [6.45, 7) is 1.51. The van der Waals surface area contributed by atoms with Crippen LogP contribution in [0.15, 0.2) is 0 Å². The highest BCUT2D eigenvalue weighted by Crippen LogP contribution is 2.07. The second kappa shape index (κ2) is 7.53. The summed E-state index contributed by atoms with van der Waals surface area (Å²) >= 11 is 1.56. The van der Waals surface area contributed by atoms with Crippen LogP contribution in [-0.2, 0) is 19.1 Å². The second-order valence-electron chi connectivity index (χ2n) is 3.02. The molecule has 0 fully saturated rings. The highest BCUT2D eigenvalue weighted by atomic mass is 32.2. The maximum Gasteiger partial charge on any atom is 0.347 e. The molecule has 0 heterocycles. The fraction of sp³-hybridized carbons (Fsp3) is 0.778. The Bertz CT molecular complexity index is 220. The number of esters is 2. The van der Waals surface area contributed by atoms with E-state index in [0.717, 1.165) is 0 Å². The molecule has 88 valence electrons. The van der Waals surface area contributed by atoms with Crippen LogP contribution >= 0.6 is 11.8 Å². The van der Waals surface area contributed by atoms with E-state index >= 15 is 0 Å². The summed E-state index contributed by atoms with van der Waals surface area (Å²) in [6, 6.07) is -0.730. The molecule has 15 heavy (non-hydrogen) atoms. The summed E-state index contributed by atoms with van der Waals surface area (Å²) in [5.74, 6) is -0.420. The zero-order valence-corrected chi connectivity index (χ0v) is 10.0. The average Bonchev–Trinajstić information content (AvgIpc) is 2.22. The number of hydrogen-bond acceptors (Lipinski definition) is 6. The third kappa shape index (κ3) is 5.64. The van der Waals surface area contributed by atoms with Crippen molar-refractivity contribution < 1.29 is 19.1 Å². The molecule has 0 amide bonds. The van der Waals surface area contributed by atoms with Crippen LogP contribution in [0.5, 0.6) is 0 Å². The van der Waals surface area contributed by atoms with Gasteiger partial charge in [-0.1, -0.05) is 0 Å². The fourth-order valence-corrected chi connectivity index (χ4v) is 1.28. The van der Waals surface area contributed by atoms with Crippen molar-refractivity contribution in [3.05, 3.63) is 0 Å². The van der Waals surface area contributed by atoms with E-state index in [2.05, 4.69) is 4.74 Å². The van der Waals surface area contributed by atoms with Crippen LogP contribution in [0.25, 0.3) is 0 Å². The molecular formula is C9H17NO4S. The minimum Gasteiger partial charge on any atom is -0.466 e. The summed E-state index contributed by atoms with van der Waals surface area (Å²) in [6.07, 6.45) is 1.49. The molecule has 0 aromatic rings. The van der Waals surface area contributed by atoms with Crippen molar-refractivity contribution in [2.75, 3.05) is 19.1 Å². The van der Waals surface area contributed by atoms with Crippen molar-refractivity contribution in [1.29, 1.82) is 0 Å². The average molecular weight is 235 g/mol. The van der Waals surface area contributed by atoms with Gasteiger partial charge in [0.15, 0.2) is 6.10 Å². The van der Waals surface area contributed by atoms with E-state index < -0.39 is 24.1 Å². The first kappa shape index (κ1) is 14.2. The largest absolute Gasteiger partial charge is 0.466 e. The number of thioether (sulfide) groups is 1. The highest BCUT2D eigenvalue weighted by Gasteiger charge is 2.24. The molecule has 0 saturated heterocycles. The number of hydrogen-bond donors (Lipinski definition) is 1. The number of carbonyl (C=O) groups excluding carboxylic acids is 2. The minimum absolute atomic E-state index is 0.437. The fourth-order valence-electron chi connectivity index (χ4n) is 0.829. The van der Waals surface area contributed by atoms with E-state index in [1.54, 1.807) is 11.8 Å². The summed E-state index contributed by atoms with van der Waals surface area (Å²) in [5.41, 5.74) is 5.32. The van der Waals surface area contributed by atoms with Crippen LogP contribution < -0.4 is 5.73 Å². The van der Waals surface area contributed by atoms with E-state index in [1.165, 1.54) is 14.0 Å². The Labute approximate surface area is 93.7 Å². The van der Waals surface area contributed by atoms with Crippen molar-refractivity contribution in [2.45, 2.75) is 25.5 Å². The Kier molecular flexibility index (Phi) is 7.15. The smallest absolute Gasteiger partial charge is 0.347 e. The first-order valence-electron chi connectivity index (χ1n) is 4.55. The first-order valence-corrected chi connectivity index (χ1v) is 5.95. The molecule has 2 N–H and O–H groups in total. The van der Waals surface area contributed by atoms with Crippen molar-refractivity contribution >= 4 is 23.7 Å². The summed E-state index contributed by atoms with van der Waals surface area (Å²) in [7, 11) is 1.26. The van der Waals surface area contributed by atoms with Gasteiger partial charge in [0, 0.05) is 6.42 Å². The molecule has 0 unspecified atom stereocenters. The molecule has 0 aliphatic heterocycles. The van der Waals surface area contributed by atoms with Crippen molar-refractivity contribution in [3.8, 4) is 0 Å². The van der Waals surface area contributed by atoms with Crippen LogP contribution in [0.2, 0.25) is 0 Å². The summed E-state index contributed by atoms with van der Waals surface area (Å²) in [5, 5.41) is 0. The first-order chi connectivity index (χ1) is 7.02. The van der Waals surface area contributed by atoms with E-state index in [9.17, 15) is 9.59 Å². The van der Waals surface area contributed by atoms with Gasteiger partial charge in [0.2, 0.25) is 0 Å². The maximum atomic E-state index is 11.2. The topological polar surface area (TPSA) is 78.6 Å². The van der Waals surface area contributed by atoms with Gasteiger partial charge in [0.1, 0.15) is 6.04 Å². The van der Waals surface area contributed by atoms with Crippen LogP contribution in [0.4, 0.5) is 0 Å². The molecule has 2 atom stereocenters. The van der Waals surface area contributed by atoms with E-state index in [0.29, 0.717) is 12.2 Å². The van der Waals surface area contributed by atoms with Crippen molar-refractivity contribution in [3.63, 3.8) is 0 Å². The standard InChI is InChI=1S/C9H17NO4S/c1-6(10)8(11)14-7(4-5-15-3)9(12)13-2/h6-7H,4-5,10H2,1-3H3/t6-,7-/m0/s1. The lowest BCUT2D eigenvalue weighted by Crippen LogP contribution is -2.36. The SMILES string of the molecule is COC(=O)[C@H](CCSC)OC(=O)[C@H](C)N. The van der Waals surface area contributed by atoms with E-state index in [1.807, 2.05) is 6.26 Å². The van der Waals surface area contributed by atoms with Gasteiger partial charge in [-0.05, 0) is 18.9 Å². The molecule has 0 aliphatic rings. The molecule has 0 aromatic heterocycles. The molecule has 0 spiro atoms. The third-order valence-electron chi connectivity index (χ3n) is 1.68. The molecular weight excluding hydrogens is 218 g/mol. The Balaban J connectivity index is 4.23. The predicted molar refractivity (Wildman–Crippen MR) is 58.5 cm³/mol. The lowest BCUT2D eigenvalue weighted by Gasteiger charge is -2.16. The molecule has 0 rings (SSSR count). The van der Waals surface area contributed by atoms with Crippen LogP contribution in [0.3, 0.4) is 0 Å². The minimum atomic E-state index is -0.846. The lowest BCUT2D eigenvalue weighted by molar-refractivity contribution is -0.166. The van der Waals surface area contributed by atoms with Crippen LogP contribution in [0.1, 0.15) is 13.3 Å². The zero-order valence-electron chi connectivity index (χ0n) is 9.19. The molecule has 0 aliphatic carbocycles. The highest BCUT2D eigenvalue weighted by molar-refractivity contribution is 7.98. The number of methoxy groups -OCH3 is 1. The molecule has 0 radical (unpaired) electrons. The predicted octanol–water partition coefficient (Wildman–Crippen LogP) is 0.171. The summed E-state index contributed by atoms with van der Waals surface area (Å²) in [4.78, 5) is 22.4. The van der Waals surface area contributed by atoms with Gasteiger partial charge >= 0.3 is 11.9 Å². The quantitative estimate of drug-likeness (QED) is 0.661. The van der Waals surface area contributed by atoms with Gasteiger partial charge in [-0.2, -0.15) is 11.8 Å². The normalized spacial score (nSPS) is 14.1. The van der Waals surface area contributed by atoms with Gasteiger partial charge in [-0.15, -0.1) is 0 Å². The van der Waals surface area contributed by atoms with Gasteiger partial charge in [0.05, 0.1) is 7.11 Å². The molecule has 0 saturated carbocycles. The van der Waals surface area contributed by atoms with Gasteiger partial charge in [0.25, 0.3) is 0 Å². The van der Waals surface area contributed by atoms with Crippen LogP contribution in [0, 0.1) is 0 Å². The number of nitrogens with two attached hydrogens (primary N) is 1. The van der Waals surface area contributed by atoms with E-state index in [-0.39, 0.29) is 0 Å². The van der Waals surface area contributed by atoms with Crippen LogP contribution in [-0.4, -0.2) is 43.2 Å². The Morgan fingerprint density at radius 1 is 1.40 bits per heavy atom. The lowest BCUT2D eigenvalue weighted by atomic mass is 10.2. The number of rotatable bonds is 6. The Hall–Kier alpha value is -0.750. The Morgan fingerprint density at radius 3 is 2.40 bits per heavy atom.